The van der Waals surface area contributed by atoms with E-state index in [4.69, 9.17) is 10.2 Å². The Kier molecular flexibility index (Phi) is 12.6. The first-order valence-electron chi connectivity index (χ1n) is 11.5. The first-order chi connectivity index (χ1) is 13.5. The van der Waals surface area contributed by atoms with Crippen LogP contribution in [-0.2, 0) is 9.59 Å². The van der Waals surface area contributed by atoms with Gasteiger partial charge in [0.2, 0.25) is 0 Å². The van der Waals surface area contributed by atoms with E-state index >= 15 is 0 Å². The largest absolute Gasteiger partial charge is 0.480 e. The maximum absolute atomic E-state index is 10.8. The molecule has 4 atom stereocenters. The quantitative estimate of drug-likeness (QED) is 0.497. The molecule has 4 aliphatic rings. The third kappa shape index (κ3) is 7.85. The van der Waals surface area contributed by atoms with Gasteiger partial charge in [-0.25, -0.2) is 0 Å². The van der Waals surface area contributed by atoms with E-state index in [2.05, 4.69) is 10.6 Å². The van der Waals surface area contributed by atoms with Crippen LogP contribution in [0.5, 0.6) is 0 Å². The molecule has 6 nitrogen and oxygen atoms in total. The Morgan fingerprint density at radius 1 is 0.567 bits per heavy atom. The van der Waals surface area contributed by atoms with Gasteiger partial charge < -0.3 is 20.8 Å². The molecule has 0 aromatic carbocycles. The van der Waals surface area contributed by atoms with Gasteiger partial charge in [-0.2, -0.15) is 0 Å². The predicted molar refractivity (Wildman–Crippen MR) is 123 cm³/mol. The summed E-state index contributed by atoms with van der Waals surface area (Å²) < 4.78 is 0. The Morgan fingerprint density at radius 3 is 1.17 bits per heavy atom. The molecule has 4 rings (SSSR count). The molecule has 4 fully saturated rings. The van der Waals surface area contributed by atoms with Crippen molar-refractivity contribution in [2.45, 2.75) is 89.1 Å². The fourth-order valence-corrected chi connectivity index (χ4v) is 5.83. The van der Waals surface area contributed by atoms with E-state index in [1.165, 1.54) is 64.2 Å². The molecule has 2 saturated carbocycles. The van der Waals surface area contributed by atoms with Crippen LogP contribution in [0.4, 0.5) is 0 Å². The second-order valence-corrected chi connectivity index (χ2v) is 9.39. The molecule has 2 aliphatic carbocycles. The van der Waals surface area contributed by atoms with Crippen molar-refractivity contribution in [3.63, 3.8) is 0 Å². The lowest BCUT2D eigenvalue weighted by Crippen LogP contribution is -2.29. The number of hydrogen-bond acceptors (Lipinski definition) is 4. The second-order valence-electron chi connectivity index (χ2n) is 9.39. The standard InChI is InChI=1S/2C11H19NO2.2ClH/c2*13-11(14)10-6-9(7-12-10)8-4-2-1-3-5-8;;/h2*8-10,12H,1-7H2,(H,13,14);2*1H/t2*9-,10-;;/m10../s1. The molecule has 176 valence electrons. The van der Waals surface area contributed by atoms with Crippen LogP contribution in [0.15, 0.2) is 0 Å². The van der Waals surface area contributed by atoms with Crippen LogP contribution in [0.25, 0.3) is 0 Å². The number of carboxylic acids is 2. The molecule has 2 saturated heterocycles. The SMILES string of the molecule is Cl.Cl.O=C(O)[C@@H]1C[C@H](C2CCCCC2)CN1.O=C(O)[C@H]1C[C@@H](C2CCCCC2)CN1. The number of carbonyl (C=O) groups is 2. The van der Waals surface area contributed by atoms with Crippen LogP contribution in [0.2, 0.25) is 0 Å². The van der Waals surface area contributed by atoms with Crippen molar-refractivity contribution in [2.24, 2.45) is 23.7 Å². The minimum atomic E-state index is -0.677. The molecule has 0 bridgehead atoms. The molecule has 4 N–H and O–H groups in total. The van der Waals surface area contributed by atoms with E-state index in [0.717, 1.165) is 37.8 Å². The third-order valence-electron chi connectivity index (χ3n) is 7.56. The Balaban J connectivity index is 0.000000281. The molecular weight excluding hydrogens is 427 g/mol. The molecule has 30 heavy (non-hydrogen) atoms. The van der Waals surface area contributed by atoms with Crippen LogP contribution in [0, 0.1) is 23.7 Å². The van der Waals surface area contributed by atoms with Gasteiger partial charge >= 0.3 is 11.9 Å². The lowest BCUT2D eigenvalue weighted by atomic mass is 9.79. The summed E-state index contributed by atoms with van der Waals surface area (Å²) in [5.74, 6) is 1.47. The summed E-state index contributed by atoms with van der Waals surface area (Å²) in [6.07, 6.45) is 15.1. The van der Waals surface area contributed by atoms with Crippen molar-refractivity contribution in [1.29, 1.82) is 0 Å². The summed E-state index contributed by atoms with van der Waals surface area (Å²) in [4.78, 5) is 21.5. The minimum Gasteiger partial charge on any atom is -0.480 e. The lowest BCUT2D eigenvalue weighted by molar-refractivity contribution is -0.140. The molecule has 2 heterocycles. The molecule has 0 aromatic rings. The van der Waals surface area contributed by atoms with Crippen LogP contribution in [0.1, 0.15) is 77.0 Å². The van der Waals surface area contributed by atoms with Gasteiger partial charge in [0.05, 0.1) is 0 Å². The van der Waals surface area contributed by atoms with Crippen LogP contribution >= 0.6 is 24.8 Å². The smallest absolute Gasteiger partial charge is 0.320 e. The highest BCUT2D eigenvalue weighted by atomic mass is 35.5. The monoisotopic (exact) mass is 466 g/mol. The maximum Gasteiger partial charge on any atom is 0.320 e. The van der Waals surface area contributed by atoms with Crippen molar-refractivity contribution in [2.75, 3.05) is 13.1 Å². The molecular formula is C22H40Cl2N2O4. The van der Waals surface area contributed by atoms with Gasteiger partial charge in [-0.15, -0.1) is 24.8 Å². The van der Waals surface area contributed by atoms with Gasteiger partial charge in [0.1, 0.15) is 12.1 Å². The zero-order valence-corrected chi connectivity index (χ0v) is 19.5. The molecule has 0 radical (unpaired) electrons. The summed E-state index contributed by atoms with van der Waals surface area (Å²) in [5, 5.41) is 23.9. The highest BCUT2D eigenvalue weighted by Gasteiger charge is 2.35. The zero-order valence-electron chi connectivity index (χ0n) is 17.9. The average molecular weight is 467 g/mol. The van der Waals surface area contributed by atoms with Crippen molar-refractivity contribution in [3.05, 3.63) is 0 Å². The lowest BCUT2D eigenvalue weighted by Gasteiger charge is -2.26. The number of hydrogen-bond donors (Lipinski definition) is 4. The molecule has 8 heteroatoms. The van der Waals surface area contributed by atoms with E-state index in [1.54, 1.807) is 0 Å². The zero-order chi connectivity index (χ0) is 19.9. The van der Waals surface area contributed by atoms with Gasteiger partial charge in [0.15, 0.2) is 0 Å². The van der Waals surface area contributed by atoms with Crippen molar-refractivity contribution >= 4 is 36.8 Å². The van der Waals surface area contributed by atoms with Gasteiger partial charge in [0, 0.05) is 0 Å². The summed E-state index contributed by atoms with van der Waals surface area (Å²) in [5.41, 5.74) is 0. The first-order valence-corrected chi connectivity index (χ1v) is 11.5. The highest BCUT2D eigenvalue weighted by molar-refractivity contribution is 5.85. The van der Waals surface area contributed by atoms with Gasteiger partial charge in [-0.05, 0) is 49.6 Å². The predicted octanol–water partition coefficient (Wildman–Crippen LogP) is 4.10. The Hall–Kier alpha value is -0.560. The molecule has 2 aliphatic heterocycles. The van der Waals surface area contributed by atoms with Crippen LogP contribution < -0.4 is 10.6 Å². The Labute approximate surface area is 193 Å². The normalized spacial score (nSPS) is 32.3. The van der Waals surface area contributed by atoms with Crippen molar-refractivity contribution in [1.82, 2.24) is 10.6 Å². The van der Waals surface area contributed by atoms with Gasteiger partial charge in [-0.1, -0.05) is 64.2 Å². The average Bonchev–Trinajstić information content (AvgIpc) is 3.40. The van der Waals surface area contributed by atoms with Gasteiger partial charge in [-0.3, -0.25) is 9.59 Å². The topological polar surface area (TPSA) is 98.7 Å². The van der Waals surface area contributed by atoms with E-state index in [1.807, 2.05) is 0 Å². The second kappa shape index (κ2) is 13.8. The number of halogens is 2. The van der Waals surface area contributed by atoms with E-state index in [9.17, 15) is 9.59 Å². The summed E-state index contributed by atoms with van der Waals surface area (Å²) in [6.45, 7) is 1.84. The van der Waals surface area contributed by atoms with Crippen LogP contribution in [0.3, 0.4) is 0 Å². The van der Waals surface area contributed by atoms with E-state index < -0.39 is 11.9 Å². The molecule has 0 unspecified atom stereocenters. The van der Waals surface area contributed by atoms with Crippen molar-refractivity contribution < 1.29 is 19.8 Å². The number of rotatable bonds is 4. The number of carboxylic acid groups (broad SMARTS) is 2. The number of aliphatic carboxylic acids is 2. The van der Waals surface area contributed by atoms with E-state index in [-0.39, 0.29) is 36.9 Å². The van der Waals surface area contributed by atoms with Crippen molar-refractivity contribution in [3.8, 4) is 0 Å². The molecule has 0 aromatic heterocycles. The van der Waals surface area contributed by atoms with Gasteiger partial charge in [0.25, 0.3) is 0 Å². The summed E-state index contributed by atoms with van der Waals surface area (Å²) in [6, 6.07) is -0.552. The fraction of sp³-hybridized carbons (Fsp3) is 0.909. The Bertz CT molecular complexity index is 479. The maximum atomic E-state index is 10.8. The highest BCUT2D eigenvalue weighted by Crippen LogP contribution is 2.35. The first kappa shape index (κ1) is 27.5. The molecule has 0 spiro atoms. The summed E-state index contributed by atoms with van der Waals surface area (Å²) >= 11 is 0. The van der Waals surface area contributed by atoms with E-state index in [0.29, 0.717) is 11.8 Å². The molecule has 0 amide bonds. The Morgan fingerprint density at radius 2 is 0.900 bits per heavy atom. The minimum absolute atomic E-state index is 0. The number of nitrogens with one attached hydrogen (secondary N) is 2. The summed E-state index contributed by atoms with van der Waals surface area (Å²) in [7, 11) is 0. The third-order valence-corrected chi connectivity index (χ3v) is 7.56. The van der Waals surface area contributed by atoms with Crippen LogP contribution in [-0.4, -0.2) is 47.3 Å². The fourth-order valence-electron chi connectivity index (χ4n) is 5.83.